The molecular formula is C20H28N6O2. The zero-order chi connectivity index (χ0) is 20.3. The number of hydrogen-bond donors (Lipinski definition) is 2. The number of anilines is 5. The van der Waals surface area contributed by atoms with Crippen LogP contribution < -0.4 is 20.4 Å². The van der Waals surface area contributed by atoms with Crippen LogP contribution in [-0.2, 0) is 16.0 Å². The van der Waals surface area contributed by atoms with Crippen LogP contribution in [0, 0.1) is 5.92 Å². The Kier molecular flexibility index (Phi) is 5.87. The Hall–Kier alpha value is -3.03. The van der Waals surface area contributed by atoms with Crippen molar-refractivity contribution in [2.75, 3.05) is 61.8 Å². The van der Waals surface area contributed by atoms with Gasteiger partial charge in [0.2, 0.25) is 0 Å². The molecule has 0 radical (unpaired) electrons. The first-order valence-electron chi connectivity index (χ1n) is 9.43. The minimum absolute atomic E-state index is 0.0610. The van der Waals surface area contributed by atoms with Gasteiger partial charge in [0.05, 0.1) is 42.5 Å². The summed E-state index contributed by atoms with van der Waals surface area (Å²) in [6.45, 7) is 3.42. The fourth-order valence-corrected chi connectivity index (χ4v) is 3.37. The van der Waals surface area contributed by atoms with Crippen LogP contribution in [0.25, 0.3) is 0 Å². The van der Waals surface area contributed by atoms with Gasteiger partial charge < -0.3 is 25.2 Å². The third-order valence-corrected chi connectivity index (χ3v) is 5.21. The van der Waals surface area contributed by atoms with Gasteiger partial charge in [-0.25, -0.2) is 9.97 Å². The van der Waals surface area contributed by atoms with Crippen molar-refractivity contribution < 1.29 is 9.53 Å². The van der Waals surface area contributed by atoms with Crippen molar-refractivity contribution in [1.82, 2.24) is 9.97 Å². The van der Waals surface area contributed by atoms with Crippen molar-refractivity contribution in [3.63, 3.8) is 0 Å². The van der Waals surface area contributed by atoms with Crippen LogP contribution in [-0.4, -0.2) is 57.3 Å². The molecule has 3 rings (SSSR count). The van der Waals surface area contributed by atoms with E-state index in [0.717, 1.165) is 35.1 Å². The van der Waals surface area contributed by atoms with Gasteiger partial charge in [0.15, 0.2) is 0 Å². The number of carbonyl (C=O) groups excluding carboxylic acids is 1. The largest absolute Gasteiger partial charge is 0.469 e. The maximum Gasteiger partial charge on any atom is 0.312 e. The highest BCUT2D eigenvalue weighted by Gasteiger charge is 2.34. The van der Waals surface area contributed by atoms with Gasteiger partial charge in [-0.3, -0.25) is 4.79 Å². The predicted molar refractivity (Wildman–Crippen MR) is 113 cm³/mol. The van der Waals surface area contributed by atoms with Gasteiger partial charge >= 0.3 is 5.97 Å². The van der Waals surface area contributed by atoms with Crippen molar-refractivity contribution in [1.29, 1.82) is 0 Å². The number of aromatic nitrogens is 2. The first-order chi connectivity index (χ1) is 13.5. The first-order valence-corrected chi connectivity index (χ1v) is 9.43. The van der Waals surface area contributed by atoms with E-state index in [2.05, 4.69) is 38.5 Å². The molecule has 2 aromatic rings. The summed E-state index contributed by atoms with van der Waals surface area (Å²) in [4.78, 5) is 24.9. The fourth-order valence-electron chi connectivity index (χ4n) is 3.37. The molecule has 0 spiro atoms. The van der Waals surface area contributed by atoms with Gasteiger partial charge in [-0.2, -0.15) is 0 Å². The van der Waals surface area contributed by atoms with Crippen molar-refractivity contribution in [2.24, 2.45) is 5.92 Å². The highest BCUT2D eigenvalue weighted by atomic mass is 16.5. The molecule has 1 saturated heterocycles. The standard InChI is InChI=1S/C20H28N6O2/c1-6-13-7-19(26-11-14(12-26)20(27)28-5)24-10-17(13)25(4)18-8-15(21-2)16(22-3)9-23-18/h7-10,14,22H,6,11-12H2,1-5H3,(H,21,23). The summed E-state index contributed by atoms with van der Waals surface area (Å²) in [6.07, 6.45) is 4.57. The average Bonchev–Trinajstić information content (AvgIpc) is 2.71. The number of aryl methyl sites for hydroxylation is 1. The number of pyridine rings is 2. The van der Waals surface area contributed by atoms with Gasteiger partial charge in [-0.05, 0) is 18.1 Å². The molecule has 0 saturated carbocycles. The third-order valence-electron chi connectivity index (χ3n) is 5.21. The smallest absolute Gasteiger partial charge is 0.312 e. The molecule has 150 valence electrons. The first kappa shape index (κ1) is 19.7. The van der Waals surface area contributed by atoms with Gasteiger partial charge in [-0.15, -0.1) is 0 Å². The molecule has 1 aliphatic heterocycles. The molecule has 2 N–H and O–H groups in total. The number of hydrogen-bond acceptors (Lipinski definition) is 8. The predicted octanol–water partition coefficient (Wildman–Crippen LogP) is 2.50. The van der Waals surface area contributed by atoms with E-state index in [1.807, 2.05) is 44.5 Å². The van der Waals surface area contributed by atoms with E-state index >= 15 is 0 Å². The van der Waals surface area contributed by atoms with Crippen molar-refractivity contribution in [2.45, 2.75) is 13.3 Å². The second kappa shape index (κ2) is 8.33. The summed E-state index contributed by atoms with van der Waals surface area (Å²) in [7, 11) is 7.19. The molecule has 0 aliphatic carbocycles. The lowest BCUT2D eigenvalue weighted by molar-refractivity contribution is -0.146. The molecule has 8 heteroatoms. The fraction of sp³-hybridized carbons (Fsp3) is 0.450. The molecule has 1 aliphatic rings. The van der Waals surface area contributed by atoms with Crippen molar-refractivity contribution in [3.8, 4) is 0 Å². The van der Waals surface area contributed by atoms with Gasteiger partial charge in [0.1, 0.15) is 11.6 Å². The summed E-state index contributed by atoms with van der Waals surface area (Å²) in [5, 5.41) is 6.32. The Morgan fingerprint density at radius 2 is 1.93 bits per heavy atom. The third kappa shape index (κ3) is 3.67. The Labute approximate surface area is 165 Å². The zero-order valence-corrected chi connectivity index (χ0v) is 17.1. The van der Waals surface area contributed by atoms with E-state index in [1.54, 1.807) is 0 Å². The highest BCUT2D eigenvalue weighted by Crippen LogP contribution is 2.33. The van der Waals surface area contributed by atoms with Crippen LogP contribution in [0.5, 0.6) is 0 Å². The number of esters is 1. The van der Waals surface area contributed by atoms with E-state index in [4.69, 9.17) is 4.74 Å². The second-order valence-electron chi connectivity index (χ2n) is 6.80. The molecule has 0 aromatic carbocycles. The van der Waals surface area contributed by atoms with E-state index in [-0.39, 0.29) is 11.9 Å². The van der Waals surface area contributed by atoms with E-state index in [0.29, 0.717) is 13.1 Å². The number of ether oxygens (including phenoxy) is 1. The lowest BCUT2D eigenvalue weighted by atomic mass is 10.00. The summed E-state index contributed by atoms with van der Waals surface area (Å²) in [5.74, 6) is 1.51. The minimum Gasteiger partial charge on any atom is -0.469 e. The quantitative estimate of drug-likeness (QED) is 0.705. The summed E-state index contributed by atoms with van der Waals surface area (Å²) < 4.78 is 4.81. The topological polar surface area (TPSA) is 82.6 Å². The molecule has 1 fully saturated rings. The second-order valence-corrected chi connectivity index (χ2v) is 6.80. The Morgan fingerprint density at radius 1 is 1.21 bits per heavy atom. The van der Waals surface area contributed by atoms with E-state index in [9.17, 15) is 4.79 Å². The van der Waals surface area contributed by atoms with E-state index < -0.39 is 0 Å². The van der Waals surface area contributed by atoms with Crippen LogP contribution in [0.15, 0.2) is 24.5 Å². The van der Waals surface area contributed by atoms with Crippen LogP contribution >= 0.6 is 0 Å². The number of nitrogens with one attached hydrogen (secondary N) is 2. The zero-order valence-electron chi connectivity index (χ0n) is 17.1. The minimum atomic E-state index is -0.153. The maximum absolute atomic E-state index is 11.6. The average molecular weight is 384 g/mol. The van der Waals surface area contributed by atoms with Crippen LogP contribution in [0.1, 0.15) is 12.5 Å². The Balaban J connectivity index is 1.82. The lowest BCUT2D eigenvalue weighted by Crippen LogP contribution is -2.51. The maximum atomic E-state index is 11.6. The number of carbonyl (C=O) groups is 1. The Morgan fingerprint density at radius 3 is 2.54 bits per heavy atom. The van der Waals surface area contributed by atoms with E-state index in [1.165, 1.54) is 12.7 Å². The molecule has 0 atom stereocenters. The van der Waals surface area contributed by atoms with Gasteiger partial charge in [0, 0.05) is 40.3 Å². The van der Waals surface area contributed by atoms with Crippen molar-refractivity contribution >= 4 is 34.7 Å². The Bertz CT molecular complexity index is 851. The normalized spacial score (nSPS) is 13.7. The molecule has 28 heavy (non-hydrogen) atoms. The monoisotopic (exact) mass is 384 g/mol. The molecule has 0 bridgehead atoms. The molecule has 0 unspecified atom stereocenters. The summed E-state index contributed by atoms with van der Waals surface area (Å²) in [5.41, 5.74) is 4.13. The number of methoxy groups -OCH3 is 1. The van der Waals surface area contributed by atoms with Crippen LogP contribution in [0.3, 0.4) is 0 Å². The lowest BCUT2D eigenvalue weighted by Gasteiger charge is -2.38. The summed E-state index contributed by atoms with van der Waals surface area (Å²) >= 11 is 0. The highest BCUT2D eigenvalue weighted by molar-refractivity contribution is 5.77. The molecule has 8 nitrogen and oxygen atoms in total. The van der Waals surface area contributed by atoms with Crippen LogP contribution in [0.2, 0.25) is 0 Å². The summed E-state index contributed by atoms with van der Waals surface area (Å²) in [6, 6.07) is 4.11. The van der Waals surface area contributed by atoms with Crippen molar-refractivity contribution in [3.05, 3.63) is 30.1 Å². The molecule has 2 aromatic heterocycles. The number of rotatable bonds is 7. The molecular weight excluding hydrogens is 356 g/mol. The van der Waals surface area contributed by atoms with Gasteiger partial charge in [0.25, 0.3) is 0 Å². The number of nitrogens with zero attached hydrogens (tertiary/aromatic N) is 4. The SMILES string of the molecule is CCc1cc(N2CC(C(=O)OC)C2)ncc1N(C)c1cc(NC)c(NC)cn1. The van der Waals surface area contributed by atoms with Gasteiger partial charge in [-0.1, -0.05) is 6.92 Å². The van der Waals surface area contributed by atoms with Crippen LogP contribution in [0.4, 0.5) is 28.7 Å². The molecule has 3 heterocycles. The molecule has 0 amide bonds.